The van der Waals surface area contributed by atoms with Gasteiger partial charge in [0.05, 0.1) is 24.0 Å². The summed E-state index contributed by atoms with van der Waals surface area (Å²) in [6, 6.07) is 5.46. The second-order valence-electron chi connectivity index (χ2n) is 3.02. The summed E-state index contributed by atoms with van der Waals surface area (Å²) in [6.07, 6.45) is 3.36. The Bertz CT molecular complexity index is 481. The van der Waals surface area contributed by atoms with Crippen LogP contribution in [0.5, 0.6) is 5.75 Å². The van der Waals surface area contributed by atoms with E-state index in [-0.39, 0.29) is 0 Å². The number of nitrogen functional groups attached to an aromatic ring is 1. The molecule has 0 aliphatic heterocycles. The van der Waals surface area contributed by atoms with E-state index >= 15 is 0 Å². The van der Waals surface area contributed by atoms with Crippen molar-refractivity contribution in [1.29, 1.82) is 0 Å². The van der Waals surface area contributed by atoms with Gasteiger partial charge in [0.2, 0.25) is 0 Å². The smallest absolute Gasteiger partial charge is 0.141 e. The lowest BCUT2D eigenvalue weighted by Crippen LogP contribution is -1.92. The number of benzene rings is 1. The Labute approximate surface area is 92.2 Å². The van der Waals surface area contributed by atoms with E-state index in [1.165, 1.54) is 0 Å². The fourth-order valence-electron chi connectivity index (χ4n) is 1.29. The van der Waals surface area contributed by atoms with Gasteiger partial charge in [-0.25, -0.2) is 4.98 Å². The summed E-state index contributed by atoms with van der Waals surface area (Å²) in [5.41, 5.74) is 6.43. The number of imidazole rings is 1. The maximum atomic E-state index is 5.91. The second-order valence-corrected chi connectivity index (χ2v) is 3.43. The van der Waals surface area contributed by atoms with Crippen molar-refractivity contribution in [3.63, 3.8) is 0 Å². The number of anilines is 1. The van der Waals surface area contributed by atoms with Gasteiger partial charge in [-0.3, -0.25) is 0 Å². The molecule has 1 heterocycles. The normalized spacial score (nSPS) is 10.3. The molecule has 0 spiro atoms. The summed E-state index contributed by atoms with van der Waals surface area (Å²) < 4.78 is 6.92. The quantitative estimate of drug-likeness (QED) is 0.849. The van der Waals surface area contributed by atoms with E-state index in [1.54, 1.807) is 30.3 Å². The van der Waals surface area contributed by atoms with Gasteiger partial charge in [-0.05, 0) is 12.1 Å². The first-order valence-corrected chi connectivity index (χ1v) is 4.72. The summed E-state index contributed by atoms with van der Waals surface area (Å²) in [5.74, 6) is 1.10. The van der Waals surface area contributed by atoms with Crippen molar-refractivity contribution in [3.05, 3.63) is 35.7 Å². The molecule has 0 unspecified atom stereocenters. The van der Waals surface area contributed by atoms with Gasteiger partial charge in [-0.2, -0.15) is 0 Å². The van der Waals surface area contributed by atoms with Crippen LogP contribution in [0.15, 0.2) is 30.7 Å². The molecule has 78 valence electrons. The minimum Gasteiger partial charge on any atom is -0.495 e. The molecule has 15 heavy (non-hydrogen) atoms. The zero-order valence-electron chi connectivity index (χ0n) is 8.14. The molecule has 2 rings (SSSR count). The predicted molar refractivity (Wildman–Crippen MR) is 59.5 cm³/mol. The van der Waals surface area contributed by atoms with Crippen molar-refractivity contribution in [1.82, 2.24) is 9.55 Å². The molecule has 2 N–H and O–H groups in total. The zero-order valence-corrected chi connectivity index (χ0v) is 8.90. The van der Waals surface area contributed by atoms with E-state index in [4.69, 9.17) is 22.1 Å². The van der Waals surface area contributed by atoms with Crippen LogP contribution < -0.4 is 10.5 Å². The summed E-state index contributed by atoms with van der Waals surface area (Å²) >= 11 is 5.91. The van der Waals surface area contributed by atoms with Crippen molar-refractivity contribution < 1.29 is 4.74 Å². The lowest BCUT2D eigenvalue weighted by Gasteiger charge is -2.06. The molecule has 1 aromatic carbocycles. The minimum atomic E-state index is 0.476. The van der Waals surface area contributed by atoms with Crippen LogP contribution in [-0.2, 0) is 0 Å². The predicted octanol–water partition coefficient (Wildman–Crippen LogP) is 2.12. The Morgan fingerprint density at radius 2 is 2.27 bits per heavy atom. The van der Waals surface area contributed by atoms with Crippen molar-refractivity contribution in [2.24, 2.45) is 0 Å². The van der Waals surface area contributed by atoms with Gasteiger partial charge in [0.15, 0.2) is 0 Å². The van der Waals surface area contributed by atoms with Crippen LogP contribution in [0.3, 0.4) is 0 Å². The van der Waals surface area contributed by atoms with Crippen LogP contribution in [0.4, 0.5) is 5.82 Å². The van der Waals surface area contributed by atoms with Gasteiger partial charge < -0.3 is 15.0 Å². The van der Waals surface area contributed by atoms with Crippen molar-refractivity contribution >= 4 is 17.4 Å². The van der Waals surface area contributed by atoms with Crippen molar-refractivity contribution in [2.75, 3.05) is 12.8 Å². The molecule has 0 bridgehead atoms. The molecule has 0 atom stereocenters. The fourth-order valence-corrected chi connectivity index (χ4v) is 1.48. The number of nitrogens with zero attached hydrogens (tertiary/aromatic N) is 2. The van der Waals surface area contributed by atoms with Gasteiger partial charge in [0, 0.05) is 6.07 Å². The highest BCUT2D eigenvalue weighted by molar-refractivity contribution is 6.32. The average molecular weight is 224 g/mol. The zero-order chi connectivity index (χ0) is 10.8. The first-order chi connectivity index (χ1) is 7.20. The molecule has 0 amide bonds. The SMILES string of the molecule is COc1cc(-n2cnc(N)c2)ccc1Cl. The lowest BCUT2D eigenvalue weighted by molar-refractivity contribution is 0.415. The molecule has 0 aliphatic rings. The van der Waals surface area contributed by atoms with Gasteiger partial charge in [0.1, 0.15) is 17.9 Å². The lowest BCUT2D eigenvalue weighted by atomic mass is 10.3. The Kier molecular flexibility index (Phi) is 2.51. The molecule has 4 nitrogen and oxygen atoms in total. The first-order valence-electron chi connectivity index (χ1n) is 4.34. The minimum absolute atomic E-state index is 0.476. The van der Waals surface area contributed by atoms with Gasteiger partial charge >= 0.3 is 0 Å². The van der Waals surface area contributed by atoms with Crippen LogP contribution in [0.1, 0.15) is 0 Å². The van der Waals surface area contributed by atoms with E-state index in [0.29, 0.717) is 16.6 Å². The Morgan fingerprint density at radius 1 is 1.47 bits per heavy atom. The molecule has 1 aromatic heterocycles. The fraction of sp³-hybridized carbons (Fsp3) is 0.100. The third-order valence-electron chi connectivity index (χ3n) is 2.04. The average Bonchev–Trinajstić information content (AvgIpc) is 2.66. The Hall–Kier alpha value is -1.68. The number of aromatic nitrogens is 2. The highest BCUT2D eigenvalue weighted by Gasteiger charge is 2.03. The molecular formula is C10H10ClN3O. The Balaban J connectivity index is 2.45. The first kappa shape index (κ1) is 9.86. The molecule has 0 fully saturated rings. The molecule has 0 saturated heterocycles. The van der Waals surface area contributed by atoms with E-state index in [0.717, 1.165) is 5.69 Å². The third kappa shape index (κ3) is 1.89. The molecule has 5 heteroatoms. The third-order valence-corrected chi connectivity index (χ3v) is 2.35. The molecule has 0 aliphatic carbocycles. The number of nitrogens with two attached hydrogens (primary N) is 1. The monoisotopic (exact) mass is 223 g/mol. The number of methoxy groups -OCH3 is 1. The maximum Gasteiger partial charge on any atom is 0.141 e. The van der Waals surface area contributed by atoms with E-state index in [9.17, 15) is 0 Å². The maximum absolute atomic E-state index is 5.91. The van der Waals surface area contributed by atoms with Crippen LogP contribution >= 0.6 is 11.6 Å². The highest BCUT2D eigenvalue weighted by Crippen LogP contribution is 2.26. The summed E-state index contributed by atoms with van der Waals surface area (Å²) in [6.45, 7) is 0. The number of ether oxygens (including phenoxy) is 1. The highest BCUT2D eigenvalue weighted by atomic mass is 35.5. The molecular weight excluding hydrogens is 214 g/mol. The summed E-state index contributed by atoms with van der Waals surface area (Å²) in [4.78, 5) is 3.94. The number of hydrogen-bond acceptors (Lipinski definition) is 3. The summed E-state index contributed by atoms with van der Waals surface area (Å²) in [5, 5.41) is 0.578. The van der Waals surface area contributed by atoms with Crippen LogP contribution in [0.25, 0.3) is 5.69 Å². The van der Waals surface area contributed by atoms with E-state index in [2.05, 4.69) is 4.98 Å². The standard InChI is InChI=1S/C10H10ClN3O/c1-15-9-4-7(2-3-8(9)11)14-5-10(12)13-6-14/h2-6H,12H2,1H3. The van der Waals surface area contributed by atoms with Gasteiger partial charge in [0.25, 0.3) is 0 Å². The number of rotatable bonds is 2. The van der Waals surface area contributed by atoms with Gasteiger partial charge in [-0.1, -0.05) is 11.6 Å². The van der Waals surface area contributed by atoms with Crippen LogP contribution in [-0.4, -0.2) is 16.7 Å². The number of hydrogen-bond donors (Lipinski definition) is 1. The molecule has 0 saturated carbocycles. The van der Waals surface area contributed by atoms with Crippen LogP contribution in [0, 0.1) is 0 Å². The number of halogens is 1. The van der Waals surface area contributed by atoms with E-state index < -0.39 is 0 Å². The molecule has 0 radical (unpaired) electrons. The topological polar surface area (TPSA) is 53.1 Å². The summed E-state index contributed by atoms with van der Waals surface area (Å²) in [7, 11) is 1.58. The van der Waals surface area contributed by atoms with Gasteiger partial charge in [-0.15, -0.1) is 0 Å². The van der Waals surface area contributed by atoms with E-state index in [1.807, 2.05) is 12.1 Å². The second kappa shape index (κ2) is 3.82. The molecule has 2 aromatic rings. The largest absolute Gasteiger partial charge is 0.495 e. The Morgan fingerprint density at radius 3 is 2.87 bits per heavy atom. The van der Waals surface area contributed by atoms with Crippen molar-refractivity contribution in [3.8, 4) is 11.4 Å². The van der Waals surface area contributed by atoms with Crippen LogP contribution in [0.2, 0.25) is 5.02 Å². The van der Waals surface area contributed by atoms with Crippen molar-refractivity contribution in [2.45, 2.75) is 0 Å².